The van der Waals surface area contributed by atoms with Crippen molar-refractivity contribution in [2.75, 3.05) is 6.61 Å². The zero-order chi connectivity index (χ0) is 21.9. The minimum atomic E-state index is -0.479. The summed E-state index contributed by atoms with van der Waals surface area (Å²) in [6.45, 7) is 10.8. The Morgan fingerprint density at radius 1 is 1.40 bits per heavy atom. The summed E-state index contributed by atoms with van der Waals surface area (Å²) in [4.78, 5) is 24.1. The molecular formula is C25H36O5. The van der Waals surface area contributed by atoms with Gasteiger partial charge in [-0.15, -0.1) is 0 Å². The molecule has 166 valence electrons. The molecule has 0 saturated heterocycles. The van der Waals surface area contributed by atoms with Crippen LogP contribution >= 0.6 is 0 Å². The first-order chi connectivity index (χ1) is 14.3. The van der Waals surface area contributed by atoms with Gasteiger partial charge in [0.15, 0.2) is 0 Å². The fraction of sp³-hybridized carbons (Fsp3) is 0.680. The van der Waals surface area contributed by atoms with Crippen LogP contribution in [0.4, 0.5) is 0 Å². The predicted octanol–water partition coefficient (Wildman–Crippen LogP) is 4.86. The molecule has 0 aromatic carbocycles. The van der Waals surface area contributed by atoms with Crippen LogP contribution in [-0.4, -0.2) is 29.8 Å². The summed E-state index contributed by atoms with van der Waals surface area (Å²) in [5.74, 6) is -0.0277. The van der Waals surface area contributed by atoms with E-state index >= 15 is 0 Å². The van der Waals surface area contributed by atoms with Gasteiger partial charge in [0.2, 0.25) is 0 Å². The molecule has 1 heterocycles. The number of hydrogen-bond donors (Lipinski definition) is 1. The van der Waals surface area contributed by atoms with Gasteiger partial charge in [-0.25, -0.2) is 4.79 Å². The number of carbonyl (C=O) groups excluding carboxylic acids is 2. The topological polar surface area (TPSA) is 72.8 Å². The second kappa shape index (κ2) is 9.09. The van der Waals surface area contributed by atoms with Crippen LogP contribution in [0.2, 0.25) is 0 Å². The fourth-order valence-corrected chi connectivity index (χ4v) is 6.05. The minimum Gasteiger partial charge on any atom is -0.462 e. The summed E-state index contributed by atoms with van der Waals surface area (Å²) in [5.41, 5.74) is 1.26. The Labute approximate surface area is 180 Å². The molecule has 1 N–H and O–H groups in total. The van der Waals surface area contributed by atoms with Crippen LogP contribution in [0, 0.1) is 22.7 Å². The van der Waals surface area contributed by atoms with Gasteiger partial charge < -0.3 is 14.6 Å². The lowest BCUT2D eigenvalue weighted by atomic mass is 9.46. The Bertz CT molecular complexity index is 751. The number of fused-ring (bicyclic) bond motifs is 1. The zero-order valence-electron chi connectivity index (χ0n) is 18.6. The van der Waals surface area contributed by atoms with E-state index in [0.29, 0.717) is 12.0 Å². The summed E-state index contributed by atoms with van der Waals surface area (Å²) in [5, 5.41) is 10.5. The number of ether oxygens (including phenoxy) is 2. The number of allylic oxidation sites excluding steroid dienone is 2. The van der Waals surface area contributed by atoms with Gasteiger partial charge in [0.25, 0.3) is 0 Å². The highest BCUT2D eigenvalue weighted by Gasteiger charge is 2.58. The largest absolute Gasteiger partial charge is 0.462 e. The van der Waals surface area contributed by atoms with Crippen molar-refractivity contribution in [2.45, 2.75) is 78.2 Å². The van der Waals surface area contributed by atoms with Crippen molar-refractivity contribution in [2.24, 2.45) is 22.7 Å². The lowest BCUT2D eigenvalue weighted by molar-refractivity contribution is -0.187. The molecule has 0 amide bonds. The van der Waals surface area contributed by atoms with E-state index in [4.69, 9.17) is 9.47 Å². The molecule has 5 nitrogen and oxygen atoms in total. The van der Waals surface area contributed by atoms with E-state index in [9.17, 15) is 14.7 Å². The highest BCUT2D eigenvalue weighted by Crippen LogP contribution is 2.62. The molecule has 1 aliphatic heterocycles. The van der Waals surface area contributed by atoms with Crippen molar-refractivity contribution in [1.29, 1.82) is 0 Å². The van der Waals surface area contributed by atoms with Crippen LogP contribution in [0.1, 0.15) is 72.1 Å². The molecule has 2 aliphatic carbocycles. The number of rotatable bonds is 7. The molecule has 5 heteroatoms. The van der Waals surface area contributed by atoms with Crippen molar-refractivity contribution in [3.8, 4) is 0 Å². The van der Waals surface area contributed by atoms with Crippen LogP contribution in [0.25, 0.3) is 0 Å². The summed E-state index contributed by atoms with van der Waals surface area (Å²) in [6, 6.07) is 0. The summed E-state index contributed by atoms with van der Waals surface area (Å²) in [6.07, 6.45) is 11.3. The first-order valence-corrected chi connectivity index (χ1v) is 11.3. The smallest absolute Gasteiger partial charge is 0.342 e. The van der Waals surface area contributed by atoms with E-state index in [0.717, 1.165) is 44.9 Å². The minimum absolute atomic E-state index is 0.00562. The maximum atomic E-state index is 12.3. The van der Waals surface area contributed by atoms with Crippen molar-refractivity contribution in [1.82, 2.24) is 0 Å². The van der Waals surface area contributed by atoms with Crippen LogP contribution in [0.15, 0.2) is 36.1 Å². The number of aliphatic hydroxyl groups excluding tert-OH is 1. The standard InChI is InChI=1S/C25H36O5/c1-5-6-7-22(27)30-21-12-14-24(3)19(10-9-18-13-15-29-23(18)28)17(2)8-11-20(24)25(21,4)16-26/h9,13,15,19-21,26H,2,5-8,10-12,14,16H2,1,3-4H3/b18-9+/t19-,20+,21-,24+,25+/m1/s1. The third-order valence-electron chi connectivity index (χ3n) is 7.90. The first kappa shape index (κ1) is 22.8. The van der Waals surface area contributed by atoms with Gasteiger partial charge in [0.05, 0.1) is 18.4 Å². The number of cyclic esters (lactones) is 1. The molecule has 5 atom stereocenters. The molecular weight excluding hydrogens is 380 g/mol. The first-order valence-electron chi connectivity index (χ1n) is 11.3. The highest BCUT2D eigenvalue weighted by molar-refractivity contribution is 5.94. The summed E-state index contributed by atoms with van der Waals surface area (Å²) in [7, 11) is 0. The van der Waals surface area contributed by atoms with Gasteiger partial charge in [-0.2, -0.15) is 0 Å². The van der Waals surface area contributed by atoms with E-state index in [1.54, 1.807) is 6.08 Å². The van der Waals surface area contributed by atoms with E-state index in [2.05, 4.69) is 27.4 Å². The Morgan fingerprint density at radius 3 is 2.80 bits per heavy atom. The Balaban J connectivity index is 1.82. The molecule has 3 aliphatic rings. The Kier molecular flexibility index (Phi) is 6.91. The number of aliphatic hydroxyl groups is 1. The molecule has 0 aromatic rings. The maximum Gasteiger partial charge on any atom is 0.342 e. The molecule has 2 saturated carbocycles. The molecule has 0 radical (unpaired) electrons. The van der Waals surface area contributed by atoms with Crippen molar-refractivity contribution >= 4 is 11.9 Å². The zero-order valence-corrected chi connectivity index (χ0v) is 18.6. The van der Waals surface area contributed by atoms with Gasteiger partial charge in [-0.05, 0) is 61.9 Å². The predicted molar refractivity (Wildman–Crippen MR) is 115 cm³/mol. The normalized spacial score (nSPS) is 37.2. The molecule has 2 fully saturated rings. The third-order valence-corrected chi connectivity index (χ3v) is 7.90. The Hall–Kier alpha value is -1.88. The van der Waals surface area contributed by atoms with E-state index in [1.165, 1.54) is 11.8 Å². The molecule has 0 unspecified atom stereocenters. The highest BCUT2D eigenvalue weighted by atomic mass is 16.5. The van der Waals surface area contributed by atoms with E-state index in [1.807, 2.05) is 6.08 Å². The third kappa shape index (κ3) is 4.14. The van der Waals surface area contributed by atoms with Crippen molar-refractivity contribution < 1.29 is 24.2 Å². The Morgan fingerprint density at radius 2 is 2.17 bits per heavy atom. The summed E-state index contributed by atoms with van der Waals surface area (Å²) >= 11 is 0. The quantitative estimate of drug-likeness (QED) is 0.365. The van der Waals surface area contributed by atoms with E-state index < -0.39 is 5.41 Å². The molecule has 0 bridgehead atoms. The van der Waals surface area contributed by atoms with Crippen molar-refractivity contribution in [3.63, 3.8) is 0 Å². The number of hydrogen-bond acceptors (Lipinski definition) is 5. The number of unbranched alkanes of at least 4 members (excludes halogenated alkanes) is 1. The average Bonchev–Trinajstić information content (AvgIpc) is 3.13. The molecule has 0 aromatic heterocycles. The molecule has 0 spiro atoms. The van der Waals surface area contributed by atoms with Gasteiger partial charge in [0.1, 0.15) is 6.10 Å². The van der Waals surface area contributed by atoms with Crippen molar-refractivity contribution in [3.05, 3.63) is 36.1 Å². The second-order valence-electron chi connectivity index (χ2n) is 9.70. The lowest BCUT2D eigenvalue weighted by Gasteiger charge is -2.60. The molecule has 30 heavy (non-hydrogen) atoms. The second-order valence-corrected chi connectivity index (χ2v) is 9.70. The summed E-state index contributed by atoms with van der Waals surface area (Å²) < 4.78 is 10.8. The van der Waals surface area contributed by atoms with Gasteiger partial charge >= 0.3 is 11.9 Å². The van der Waals surface area contributed by atoms with Crippen LogP contribution in [0.5, 0.6) is 0 Å². The van der Waals surface area contributed by atoms with Gasteiger partial charge in [-0.3, -0.25) is 4.79 Å². The van der Waals surface area contributed by atoms with Gasteiger partial charge in [0, 0.05) is 11.8 Å². The monoisotopic (exact) mass is 416 g/mol. The maximum absolute atomic E-state index is 12.3. The van der Waals surface area contributed by atoms with Crippen LogP contribution in [0.3, 0.4) is 0 Å². The van der Waals surface area contributed by atoms with Crippen LogP contribution in [-0.2, 0) is 19.1 Å². The number of carbonyl (C=O) groups is 2. The van der Waals surface area contributed by atoms with Crippen LogP contribution < -0.4 is 0 Å². The van der Waals surface area contributed by atoms with E-state index in [-0.39, 0.29) is 41.9 Å². The SMILES string of the molecule is C=C1CC[C@@H]2[C@](C)(CO)[C@H](OC(=O)CCCC)CC[C@@]2(C)[C@@H]1C/C=C1\C=COC1=O. The molecule has 3 rings (SSSR count). The average molecular weight is 417 g/mol. The lowest BCUT2D eigenvalue weighted by Crippen LogP contribution is -2.58. The number of esters is 2. The fourth-order valence-electron chi connectivity index (χ4n) is 6.05. The van der Waals surface area contributed by atoms with Gasteiger partial charge in [-0.1, -0.05) is 45.4 Å².